The van der Waals surface area contributed by atoms with Crippen LogP contribution >= 0.6 is 11.6 Å². The van der Waals surface area contributed by atoms with E-state index in [1.165, 1.54) is 17.0 Å². The maximum absolute atomic E-state index is 13.6. The second-order valence-electron chi connectivity index (χ2n) is 9.25. The lowest BCUT2D eigenvalue weighted by Crippen LogP contribution is -2.81. The molecule has 2 aromatic carbocycles. The van der Waals surface area contributed by atoms with Gasteiger partial charge in [-0.05, 0) is 35.7 Å². The lowest BCUT2D eigenvalue weighted by Gasteiger charge is -2.58. The Morgan fingerprint density at radius 2 is 1.71 bits per heavy atom. The zero-order chi connectivity index (χ0) is 24.3. The standard InChI is InChI=1S/C24H23ClF3N3O3/c25-19-4-2-1-3-16(19)11-30-21(33)20-9-18(32)12-31(20)23(22(30)34)13-29(14-23)10-15-5-7-17(8-6-15)24(26,27)28/h1-8,18,20,32H,9-14H2. The number of aliphatic hydroxyl groups is 1. The number of imide groups is 1. The summed E-state index contributed by atoms with van der Waals surface area (Å²) in [6.45, 7) is 1.31. The van der Waals surface area contributed by atoms with Crippen LogP contribution in [0.3, 0.4) is 0 Å². The average molecular weight is 494 g/mol. The number of hydrogen-bond acceptors (Lipinski definition) is 5. The number of carbonyl (C=O) groups excluding carboxylic acids is 2. The summed E-state index contributed by atoms with van der Waals surface area (Å²) in [5.41, 5.74) is -0.299. The largest absolute Gasteiger partial charge is 0.416 e. The Kier molecular flexibility index (Phi) is 5.71. The molecule has 3 aliphatic rings. The summed E-state index contributed by atoms with van der Waals surface area (Å²) >= 11 is 6.27. The Morgan fingerprint density at radius 1 is 1.03 bits per heavy atom. The fraction of sp³-hybridized carbons (Fsp3) is 0.417. The van der Waals surface area contributed by atoms with Gasteiger partial charge in [-0.15, -0.1) is 0 Å². The Morgan fingerprint density at radius 3 is 2.35 bits per heavy atom. The molecule has 180 valence electrons. The van der Waals surface area contributed by atoms with E-state index in [1.807, 2.05) is 9.80 Å². The quantitative estimate of drug-likeness (QED) is 0.664. The first-order valence-corrected chi connectivity index (χ1v) is 11.4. The van der Waals surface area contributed by atoms with Crippen LogP contribution in [0.1, 0.15) is 23.1 Å². The third kappa shape index (κ3) is 3.90. The molecule has 3 saturated heterocycles. The van der Waals surface area contributed by atoms with E-state index in [2.05, 4.69) is 0 Å². The molecule has 3 fully saturated rings. The lowest BCUT2D eigenvalue weighted by atomic mass is 9.82. The number of rotatable bonds is 4. The molecule has 3 aliphatic heterocycles. The number of piperazine rings is 1. The molecular formula is C24H23ClF3N3O3. The van der Waals surface area contributed by atoms with Crippen LogP contribution < -0.4 is 0 Å². The predicted octanol–water partition coefficient (Wildman–Crippen LogP) is 2.92. The molecule has 2 atom stereocenters. The van der Waals surface area contributed by atoms with Gasteiger partial charge in [-0.1, -0.05) is 41.9 Å². The minimum Gasteiger partial charge on any atom is -0.392 e. The molecule has 2 aromatic rings. The fourth-order valence-corrected chi connectivity index (χ4v) is 5.50. The molecule has 0 aromatic heterocycles. The minimum atomic E-state index is -4.39. The van der Waals surface area contributed by atoms with Crippen LogP contribution in [0, 0.1) is 0 Å². The van der Waals surface area contributed by atoms with Gasteiger partial charge >= 0.3 is 6.18 Å². The van der Waals surface area contributed by atoms with Crippen molar-refractivity contribution in [2.45, 2.75) is 43.4 Å². The van der Waals surface area contributed by atoms with Crippen molar-refractivity contribution in [3.63, 3.8) is 0 Å². The van der Waals surface area contributed by atoms with Crippen LogP contribution in [0.4, 0.5) is 13.2 Å². The second-order valence-corrected chi connectivity index (χ2v) is 9.66. The summed E-state index contributed by atoms with van der Waals surface area (Å²) < 4.78 is 38.5. The van der Waals surface area contributed by atoms with E-state index in [1.54, 1.807) is 24.3 Å². The van der Waals surface area contributed by atoms with Gasteiger partial charge in [-0.2, -0.15) is 13.2 Å². The smallest absolute Gasteiger partial charge is 0.392 e. The van der Waals surface area contributed by atoms with E-state index in [0.29, 0.717) is 35.8 Å². The number of amides is 2. The molecule has 1 spiro atoms. The topological polar surface area (TPSA) is 64.1 Å². The number of halogens is 4. The zero-order valence-corrected chi connectivity index (χ0v) is 18.9. The lowest BCUT2D eigenvalue weighted by molar-refractivity contribution is -0.181. The van der Waals surface area contributed by atoms with Gasteiger partial charge in [0.05, 0.1) is 24.3 Å². The van der Waals surface area contributed by atoms with Crippen LogP contribution in [0.5, 0.6) is 0 Å². The molecule has 3 heterocycles. The summed E-state index contributed by atoms with van der Waals surface area (Å²) in [5.74, 6) is -0.667. The van der Waals surface area contributed by atoms with Crippen molar-refractivity contribution in [1.29, 1.82) is 0 Å². The van der Waals surface area contributed by atoms with E-state index in [0.717, 1.165) is 12.1 Å². The third-order valence-electron chi connectivity index (χ3n) is 6.97. The van der Waals surface area contributed by atoms with Crippen molar-refractivity contribution in [1.82, 2.24) is 14.7 Å². The molecular weight excluding hydrogens is 471 g/mol. The Labute approximate surface area is 199 Å². The first-order chi connectivity index (χ1) is 16.1. The van der Waals surface area contributed by atoms with Gasteiger partial charge < -0.3 is 5.11 Å². The van der Waals surface area contributed by atoms with Crippen LogP contribution in [-0.4, -0.2) is 68.9 Å². The highest BCUT2D eigenvalue weighted by atomic mass is 35.5. The van der Waals surface area contributed by atoms with E-state index < -0.39 is 29.4 Å². The fourth-order valence-electron chi connectivity index (χ4n) is 5.30. The van der Waals surface area contributed by atoms with Crippen LogP contribution in [-0.2, 0) is 28.9 Å². The van der Waals surface area contributed by atoms with E-state index in [4.69, 9.17) is 11.6 Å². The van der Waals surface area contributed by atoms with E-state index in [-0.39, 0.29) is 31.3 Å². The molecule has 6 nitrogen and oxygen atoms in total. The highest BCUT2D eigenvalue weighted by Gasteiger charge is 2.64. The van der Waals surface area contributed by atoms with Crippen LogP contribution in [0.2, 0.25) is 5.02 Å². The number of likely N-dealkylation sites (tertiary alicyclic amines) is 1. The Balaban J connectivity index is 1.35. The second kappa shape index (κ2) is 8.34. The van der Waals surface area contributed by atoms with Gasteiger partial charge in [0.1, 0.15) is 5.54 Å². The molecule has 10 heteroatoms. The number of hydrogen-bond donors (Lipinski definition) is 1. The molecule has 2 unspecified atom stereocenters. The van der Waals surface area contributed by atoms with Crippen LogP contribution in [0.25, 0.3) is 0 Å². The van der Waals surface area contributed by atoms with Crippen molar-refractivity contribution in [2.24, 2.45) is 0 Å². The summed E-state index contributed by atoms with van der Waals surface area (Å²) in [5, 5.41) is 10.7. The molecule has 0 radical (unpaired) electrons. The summed E-state index contributed by atoms with van der Waals surface area (Å²) in [7, 11) is 0. The van der Waals surface area contributed by atoms with E-state index >= 15 is 0 Å². The van der Waals surface area contributed by atoms with Crippen molar-refractivity contribution in [2.75, 3.05) is 19.6 Å². The van der Waals surface area contributed by atoms with Gasteiger partial charge in [0.2, 0.25) is 5.91 Å². The molecule has 0 bridgehead atoms. The van der Waals surface area contributed by atoms with Gasteiger partial charge in [0.15, 0.2) is 0 Å². The van der Waals surface area contributed by atoms with Crippen LogP contribution in [0.15, 0.2) is 48.5 Å². The third-order valence-corrected chi connectivity index (χ3v) is 7.34. The average Bonchev–Trinajstić information content (AvgIpc) is 3.15. The molecule has 5 rings (SSSR count). The zero-order valence-electron chi connectivity index (χ0n) is 18.1. The van der Waals surface area contributed by atoms with Gasteiger partial charge in [0, 0.05) is 31.2 Å². The number of aliphatic hydroxyl groups excluding tert-OH is 1. The van der Waals surface area contributed by atoms with Crippen molar-refractivity contribution in [3.8, 4) is 0 Å². The molecule has 0 aliphatic carbocycles. The van der Waals surface area contributed by atoms with Crippen molar-refractivity contribution < 1.29 is 27.9 Å². The number of nitrogens with zero attached hydrogens (tertiary/aromatic N) is 3. The SMILES string of the molecule is O=C1C2CC(O)CN2C2(CN(Cc3ccc(C(F)(F)F)cc3)C2)C(=O)N1Cc1ccccc1Cl. The van der Waals surface area contributed by atoms with E-state index in [9.17, 15) is 27.9 Å². The number of carbonyl (C=O) groups is 2. The van der Waals surface area contributed by atoms with Crippen molar-refractivity contribution in [3.05, 3.63) is 70.2 Å². The monoisotopic (exact) mass is 493 g/mol. The first-order valence-electron chi connectivity index (χ1n) is 11.0. The highest BCUT2D eigenvalue weighted by Crippen LogP contribution is 2.41. The summed E-state index contributed by atoms with van der Waals surface area (Å²) in [6, 6.07) is 11.4. The number of fused-ring (bicyclic) bond motifs is 2. The number of β-amino-alcohol motifs (C(OH)–C–C–N with tert-alkyl or cyclic N) is 1. The Bertz CT molecular complexity index is 1120. The predicted molar refractivity (Wildman–Crippen MR) is 118 cm³/mol. The number of benzene rings is 2. The highest BCUT2D eigenvalue weighted by molar-refractivity contribution is 6.31. The van der Waals surface area contributed by atoms with Gasteiger partial charge in [-0.3, -0.25) is 24.3 Å². The molecule has 1 N–H and O–H groups in total. The maximum atomic E-state index is 13.6. The minimum absolute atomic E-state index is 0.0540. The number of alkyl halides is 3. The maximum Gasteiger partial charge on any atom is 0.416 e. The molecule has 0 saturated carbocycles. The van der Waals surface area contributed by atoms with Gasteiger partial charge in [0.25, 0.3) is 5.91 Å². The first kappa shape index (κ1) is 23.3. The summed E-state index contributed by atoms with van der Waals surface area (Å²) in [6.07, 6.45) is -4.84. The molecule has 2 amide bonds. The summed E-state index contributed by atoms with van der Waals surface area (Å²) in [4.78, 5) is 31.9. The normalized spacial score (nSPS) is 25.0. The van der Waals surface area contributed by atoms with Crippen molar-refractivity contribution >= 4 is 23.4 Å². The molecule has 34 heavy (non-hydrogen) atoms. The Hall–Kier alpha value is -2.46. The van der Waals surface area contributed by atoms with Gasteiger partial charge in [-0.25, -0.2) is 0 Å².